The van der Waals surface area contributed by atoms with Gasteiger partial charge in [-0.1, -0.05) is 91.0 Å². The molecule has 5 nitrogen and oxygen atoms in total. The quantitative estimate of drug-likeness (QED) is 0.0909. The van der Waals surface area contributed by atoms with Gasteiger partial charge in [0, 0.05) is 40.8 Å². The number of aldehydes is 1. The van der Waals surface area contributed by atoms with Crippen molar-refractivity contribution >= 4 is 23.4 Å². The monoisotopic (exact) mass is 510 g/mol. The van der Waals surface area contributed by atoms with Crippen LogP contribution in [0.5, 0.6) is 0 Å². The summed E-state index contributed by atoms with van der Waals surface area (Å²) in [6.07, 6.45) is 2.71. The second-order valence-electron chi connectivity index (χ2n) is 9.50. The molecule has 1 heterocycles. The predicted octanol–water partition coefficient (Wildman–Crippen LogP) is 6.53. The Kier molecular flexibility index (Phi) is 7.32. The SMILES string of the molecule is Cc1cc(C(=N)c2cc(CC=O)c(N)cc2NC(c2ccccc2)(c2ccccc2)c2ccccc2)ccn1. The molecule has 192 valence electrons. The Morgan fingerprint density at radius 3 is 1.87 bits per heavy atom. The summed E-state index contributed by atoms with van der Waals surface area (Å²) in [7, 11) is 0. The minimum absolute atomic E-state index is 0.170. The number of carbonyl (C=O) groups excluding carboxylic acids is 1. The van der Waals surface area contributed by atoms with E-state index >= 15 is 0 Å². The van der Waals surface area contributed by atoms with Gasteiger partial charge in [-0.15, -0.1) is 0 Å². The second kappa shape index (κ2) is 11.2. The van der Waals surface area contributed by atoms with E-state index in [0.717, 1.165) is 34.2 Å². The van der Waals surface area contributed by atoms with Gasteiger partial charge in [0.15, 0.2) is 0 Å². The van der Waals surface area contributed by atoms with Gasteiger partial charge < -0.3 is 15.8 Å². The molecule has 0 aliphatic heterocycles. The van der Waals surface area contributed by atoms with E-state index < -0.39 is 5.54 Å². The van der Waals surface area contributed by atoms with Crippen LogP contribution in [0.4, 0.5) is 11.4 Å². The van der Waals surface area contributed by atoms with Gasteiger partial charge in [0.05, 0.1) is 5.71 Å². The van der Waals surface area contributed by atoms with Crippen LogP contribution in [0.1, 0.15) is 39.1 Å². The first-order chi connectivity index (χ1) is 19.0. The van der Waals surface area contributed by atoms with Crippen LogP contribution >= 0.6 is 0 Å². The van der Waals surface area contributed by atoms with Gasteiger partial charge in [0.1, 0.15) is 11.8 Å². The fourth-order valence-electron chi connectivity index (χ4n) is 5.08. The highest BCUT2D eigenvalue weighted by Gasteiger charge is 2.37. The summed E-state index contributed by atoms with van der Waals surface area (Å²) in [5, 5.41) is 13.1. The molecule has 0 bridgehead atoms. The third-order valence-corrected chi connectivity index (χ3v) is 6.98. The zero-order chi connectivity index (χ0) is 27.2. The van der Waals surface area contributed by atoms with Gasteiger partial charge in [0.2, 0.25) is 0 Å². The van der Waals surface area contributed by atoms with E-state index in [9.17, 15) is 10.2 Å². The number of hydrogen-bond acceptors (Lipinski definition) is 5. The molecule has 0 amide bonds. The van der Waals surface area contributed by atoms with Crippen molar-refractivity contribution in [1.82, 2.24) is 4.98 Å². The van der Waals surface area contributed by atoms with Crippen molar-refractivity contribution in [3.63, 3.8) is 0 Å². The Hall–Kier alpha value is -5.03. The van der Waals surface area contributed by atoms with Crippen molar-refractivity contribution in [2.24, 2.45) is 0 Å². The molecular formula is C34H30N4O. The number of aromatic nitrogens is 1. The van der Waals surface area contributed by atoms with Crippen molar-refractivity contribution in [3.8, 4) is 0 Å². The standard InChI is InChI=1S/C34H30N4O/c1-24-21-26(17-19-37-24)33(36)30-22-25(18-20-39)31(35)23-32(30)38-34(27-11-5-2-6-12-27,28-13-7-3-8-14-28)29-15-9-4-10-16-29/h2-17,19-23,36,38H,18,35H2,1H3. The fourth-order valence-corrected chi connectivity index (χ4v) is 5.08. The summed E-state index contributed by atoms with van der Waals surface area (Å²) < 4.78 is 0. The predicted molar refractivity (Wildman–Crippen MR) is 158 cm³/mol. The Bertz CT molecular complexity index is 1500. The van der Waals surface area contributed by atoms with Gasteiger partial charge in [-0.3, -0.25) is 10.4 Å². The maximum atomic E-state index is 11.5. The number of nitrogens with zero attached hydrogens (tertiary/aromatic N) is 1. The van der Waals surface area contributed by atoms with E-state index in [0.29, 0.717) is 28.2 Å². The molecule has 0 spiro atoms. The molecule has 0 fully saturated rings. The topological polar surface area (TPSA) is 91.9 Å². The number of hydrogen-bond donors (Lipinski definition) is 3. The smallest absolute Gasteiger partial charge is 0.124 e. The Balaban J connectivity index is 1.79. The van der Waals surface area contributed by atoms with Crippen molar-refractivity contribution in [1.29, 1.82) is 5.41 Å². The van der Waals surface area contributed by atoms with Gasteiger partial charge in [-0.25, -0.2) is 0 Å². The number of benzene rings is 4. The van der Waals surface area contributed by atoms with Crippen LogP contribution < -0.4 is 11.1 Å². The van der Waals surface area contributed by atoms with E-state index in [2.05, 4.69) is 46.7 Å². The van der Waals surface area contributed by atoms with E-state index in [-0.39, 0.29) is 6.42 Å². The first-order valence-electron chi connectivity index (χ1n) is 12.9. The first-order valence-corrected chi connectivity index (χ1v) is 12.9. The highest BCUT2D eigenvalue weighted by atomic mass is 16.1. The van der Waals surface area contributed by atoms with Crippen molar-refractivity contribution in [3.05, 3.63) is 161 Å². The lowest BCUT2D eigenvalue weighted by Gasteiger charge is -2.38. The molecule has 5 heteroatoms. The molecule has 4 N–H and O–H groups in total. The van der Waals surface area contributed by atoms with Gasteiger partial charge in [-0.2, -0.15) is 0 Å². The largest absolute Gasteiger partial charge is 0.398 e. The number of carbonyl (C=O) groups is 1. The van der Waals surface area contributed by atoms with Crippen molar-refractivity contribution in [2.75, 3.05) is 11.1 Å². The van der Waals surface area contributed by atoms with Gasteiger partial charge in [-0.05, 0) is 53.4 Å². The van der Waals surface area contributed by atoms with E-state index in [1.807, 2.05) is 85.8 Å². The van der Waals surface area contributed by atoms with Crippen LogP contribution in [0.25, 0.3) is 0 Å². The molecule has 0 saturated carbocycles. The van der Waals surface area contributed by atoms with Gasteiger partial charge in [0.25, 0.3) is 0 Å². The average molecular weight is 511 g/mol. The maximum absolute atomic E-state index is 11.5. The zero-order valence-electron chi connectivity index (χ0n) is 21.8. The third kappa shape index (κ3) is 5.07. The number of rotatable bonds is 9. The molecule has 0 aliphatic carbocycles. The minimum atomic E-state index is -0.800. The summed E-state index contributed by atoms with van der Waals surface area (Å²) in [6.45, 7) is 1.90. The molecular weight excluding hydrogens is 480 g/mol. The van der Waals surface area contributed by atoms with Crippen LogP contribution in [0, 0.1) is 12.3 Å². The van der Waals surface area contributed by atoms with Crippen molar-refractivity contribution < 1.29 is 4.79 Å². The number of nitrogens with two attached hydrogens (primary N) is 1. The summed E-state index contributed by atoms with van der Waals surface area (Å²) >= 11 is 0. The molecule has 0 radical (unpaired) electrons. The number of nitrogen functional groups attached to an aromatic ring is 1. The van der Waals surface area contributed by atoms with Crippen LogP contribution in [-0.4, -0.2) is 17.0 Å². The lowest BCUT2D eigenvalue weighted by Crippen LogP contribution is -2.38. The molecule has 5 aromatic rings. The van der Waals surface area contributed by atoms with E-state index in [1.54, 1.807) is 6.20 Å². The molecule has 0 saturated heterocycles. The van der Waals surface area contributed by atoms with Crippen LogP contribution in [0.3, 0.4) is 0 Å². The van der Waals surface area contributed by atoms with Crippen LogP contribution in [-0.2, 0) is 16.8 Å². The minimum Gasteiger partial charge on any atom is -0.398 e. The summed E-state index contributed by atoms with van der Waals surface area (Å²) in [4.78, 5) is 15.8. The molecule has 0 atom stereocenters. The average Bonchev–Trinajstić information content (AvgIpc) is 2.98. The number of nitrogens with one attached hydrogen (secondary N) is 2. The summed E-state index contributed by atoms with van der Waals surface area (Å²) in [6, 6.07) is 38.2. The number of aryl methyl sites for hydroxylation is 1. The number of anilines is 2. The fraction of sp³-hybridized carbons (Fsp3) is 0.0882. The molecule has 1 aromatic heterocycles. The Morgan fingerprint density at radius 1 is 0.846 bits per heavy atom. The third-order valence-electron chi connectivity index (χ3n) is 6.98. The summed E-state index contributed by atoms with van der Waals surface area (Å²) in [5.41, 5.74) is 13.2. The molecule has 39 heavy (non-hydrogen) atoms. The lowest BCUT2D eigenvalue weighted by molar-refractivity contribution is -0.107. The zero-order valence-corrected chi connectivity index (χ0v) is 21.8. The normalized spacial score (nSPS) is 11.1. The van der Waals surface area contributed by atoms with Crippen molar-refractivity contribution in [2.45, 2.75) is 18.9 Å². The van der Waals surface area contributed by atoms with Crippen LogP contribution in [0.15, 0.2) is 121 Å². The number of pyridine rings is 1. The molecule has 0 aliphatic rings. The van der Waals surface area contributed by atoms with Gasteiger partial charge >= 0.3 is 0 Å². The maximum Gasteiger partial charge on any atom is 0.124 e. The summed E-state index contributed by atoms with van der Waals surface area (Å²) in [5.74, 6) is 0. The lowest BCUT2D eigenvalue weighted by atomic mass is 9.76. The van der Waals surface area contributed by atoms with E-state index in [4.69, 9.17) is 5.73 Å². The molecule has 0 unspecified atom stereocenters. The highest BCUT2D eigenvalue weighted by molar-refractivity contribution is 6.14. The molecule has 5 rings (SSSR count). The highest BCUT2D eigenvalue weighted by Crippen LogP contribution is 2.41. The van der Waals surface area contributed by atoms with E-state index in [1.165, 1.54) is 0 Å². The first kappa shape index (κ1) is 25.6. The van der Waals surface area contributed by atoms with Crippen LogP contribution in [0.2, 0.25) is 0 Å². The molecule has 4 aromatic carbocycles. The second-order valence-corrected chi connectivity index (χ2v) is 9.50. The Labute approximate surface area is 228 Å². The Morgan fingerprint density at radius 2 is 1.38 bits per heavy atom.